The Labute approximate surface area is 208 Å². The molecular weight excluding hydrogens is 700 g/mol. The molecule has 4 rings (SSSR count). The number of aromatic carboxylic acids is 1. The van der Waals surface area contributed by atoms with Gasteiger partial charge in [0.1, 0.15) is 5.69 Å². The van der Waals surface area contributed by atoms with E-state index in [1.807, 2.05) is 42.5 Å². The highest BCUT2D eigenvalue weighted by Gasteiger charge is 2.22. The molecule has 4 nitrogen and oxygen atoms in total. The summed E-state index contributed by atoms with van der Waals surface area (Å²) in [7, 11) is 0. The first-order valence-corrected chi connectivity index (χ1v) is 12.0. The molecule has 0 fully saturated rings. The number of pyridine rings is 2. The summed E-state index contributed by atoms with van der Waals surface area (Å²) in [4.78, 5) is 19.2. The van der Waals surface area contributed by atoms with E-state index in [9.17, 15) is 4.79 Å². The minimum absolute atomic E-state index is 0.0693. The first-order valence-electron chi connectivity index (χ1n) is 8.06. The average Bonchev–Trinajstić information content (AvgIpc) is 2.66. The summed E-state index contributed by atoms with van der Waals surface area (Å²) in [5.41, 5.74) is 2.61. The van der Waals surface area contributed by atoms with Crippen LogP contribution in [-0.4, -0.2) is 21.0 Å². The third kappa shape index (κ3) is 6.07. The maximum Gasteiger partial charge on any atom is 0.354 e. The number of carbonyl (C=O) groups is 1. The van der Waals surface area contributed by atoms with Crippen molar-refractivity contribution in [1.82, 2.24) is 9.97 Å². The van der Waals surface area contributed by atoms with Crippen molar-refractivity contribution in [2.75, 3.05) is 0 Å². The minimum Gasteiger partial charge on any atom is -0.477 e. The second-order valence-corrected chi connectivity index (χ2v) is 14.5. The van der Waals surface area contributed by atoms with Crippen LogP contribution in [0.2, 0.25) is 0 Å². The van der Waals surface area contributed by atoms with Crippen molar-refractivity contribution in [2.45, 2.75) is 2.14 Å². The molecular formula is C20H11Br5N2O2. The van der Waals surface area contributed by atoms with E-state index in [2.05, 4.69) is 89.6 Å². The van der Waals surface area contributed by atoms with Crippen molar-refractivity contribution in [3.63, 3.8) is 0 Å². The lowest BCUT2D eigenvalue weighted by Crippen LogP contribution is -2.00. The van der Waals surface area contributed by atoms with E-state index in [1.165, 1.54) is 6.07 Å². The van der Waals surface area contributed by atoms with Crippen LogP contribution in [0.15, 0.2) is 69.6 Å². The fourth-order valence-electron chi connectivity index (χ4n) is 2.47. The molecule has 0 saturated heterocycles. The molecule has 148 valence electrons. The molecule has 0 radical (unpaired) electrons. The molecule has 0 spiro atoms. The number of nitrogens with zero attached hydrogens (tertiary/aromatic N) is 2. The number of carboxylic acid groups (broad SMARTS) is 1. The summed E-state index contributed by atoms with van der Waals surface area (Å²) in [5, 5.41) is 10.8. The Morgan fingerprint density at radius 2 is 1.28 bits per heavy atom. The fourth-order valence-corrected chi connectivity index (χ4v) is 3.89. The van der Waals surface area contributed by atoms with Gasteiger partial charge in [-0.2, -0.15) is 0 Å². The second-order valence-electron chi connectivity index (χ2n) is 5.87. The maximum atomic E-state index is 10.6. The molecule has 0 unspecified atom stereocenters. The van der Waals surface area contributed by atoms with Gasteiger partial charge in [0.2, 0.25) is 0 Å². The van der Waals surface area contributed by atoms with E-state index in [0.29, 0.717) is 5.52 Å². The highest BCUT2D eigenvalue weighted by molar-refractivity contribution is 9.38. The van der Waals surface area contributed by atoms with Gasteiger partial charge in [0, 0.05) is 19.7 Å². The molecule has 0 aliphatic carbocycles. The van der Waals surface area contributed by atoms with Gasteiger partial charge in [-0.1, -0.05) is 91.8 Å². The van der Waals surface area contributed by atoms with Gasteiger partial charge < -0.3 is 5.11 Å². The quantitative estimate of drug-likeness (QED) is 0.204. The van der Waals surface area contributed by atoms with Gasteiger partial charge in [-0.15, -0.1) is 0 Å². The standard InChI is InChI=1S/C10H5Br4N.C10H6BrNO2/c11-7-2-3-8-6(5-7)1-4-9(15-8)10(12,13)14;11-7-2-4-8-6(5-7)1-3-9(12-8)10(13)14/h1-5H;1-5H,(H,13,14). The molecule has 2 aromatic carbocycles. The number of aromatic nitrogens is 2. The Hall–Kier alpha value is -0.870. The molecule has 0 aliphatic rings. The zero-order valence-corrected chi connectivity index (χ0v) is 22.3. The molecule has 2 heterocycles. The number of hydrogen-bond donors (Lipinski definition) is 1. The Balaban J connectivity index is 0.000000166. The van der Waals surface area contributed by atoms with Gasteiger partial charge in [-0.05, 0) is 48.5 Å². The van der Waals surface area contributed by atoms with Crippen LogP contribution in [0.4, 0.5) is 0 Å². The Morgan fingerprint density at radius 3 is 1.79 bits per heavy atom. The smallest absolute Gasteiger partial charge is 0.354 e. The molecule has 0 saturated carbocycles. The number of rotatable bonds is 1. The molecule has 0 amide bonds. The largest absolute Gasteiger partial charge is 0.477 e. The summed E-state index contributed by atoms with van der Waals surface area (Å²) < 4.78 is 1.57. The van der Waals surface area contributed by atoms with E-state index in [4.69, 9.17) is 5.11 Å². The van der Waals surface area contributed by atoms with Gasteiger partial charge in [0.15, 0.2) is 2.14 Å². The first kappa shape index (κ1) is 22.8. The fraction of sp³-hybridized carbons (Fsp3) is 0.0500. The molecule has 1 N–H and O–H groups in total. The van der Waals surface area contributed by atoms with Crippen LogP contribution in [0.1, 0.15) is 16.2 Å². The van der Waals surface area contributed by atoms with Crippen LogP contribution in [0.25, 0.3) is 21.8 Å². The SMILES string of the molecule is Brc1ccc2nc(C(Br)(Br)Br)ccc2c1.O=C(O)c1ccc2cc(Br)ccc2n1. The third-order valence-corrected chi connectivity index (χ3v) is 6.02. The van der Waals surface area contributed by atoms with Crippen LogP contribution in [-0.2, 0) is 2.14 Å². The van der Waals surface area contributed by atoms with Crippen LogP contribution < -0.4 is 0 Å². The van der Waals surface area contributed by atoms with Crippen molar-refractivity contribution in [1.29, 1.82) is 0 Å². The van der Waals surface area contributed by atoms with Crippen molar-refractivity contribution in [3.05, 3.63) is 81.0 Å². The molecule has 29 heavy (non-hydrogen) atoms. The van der Waals surface area contributed by atoms with Crippen molar-refractivity contribution < 1.29 is 9.90 Å². The number of fused-ring (bicyclic) bond motifs is 2. The average molecular weight is 711 g/mol. The Kier molecular flexibility index (Phi) is 7.48. The summed E-state index contributed by atoms with van der Waals surface area (Å²) in [6.45, 7) is 0. The zero-order chi connectivity index (χ0) is 21.2. The predicted molar refractivity (Wildman–Crippen MR) is 134 cm³/mol. The number of carboxylic acids is 1. The molecule has 9 heteroatoms. The van der Waals surface area contributed by atoms with Crippen LogP contribution >= 0.6 is 79.6 Å². The van der Waals surface area contributed by atoms with Gasteiger partial charge >= 0.3 is 5.97 Å². The predicted octanol–water partition coefficient (Wildman–Crippen LogP) is 7.99. The summed E-state index contributed by atoms with van der Waals surface area (Å²) in [6, 6.07) is 18.8. The van der Waals surface area contributed by atoms with E-state index < -0.39 is 8.11 Å². The maximum absolute atomic E-state index is 10.6. The topological polar surface area (TPSA) is 63.1 Å². The van der Waals surface area contributed by atoms with Crippen molar-refractivity contribution in [2.24, 2.45) is 0 Å². The minimum atomic E-state index is -1.00. The monoisotopic (exact) mass is 706 g/mol. The first-order chi connectivity index (χ1) is 13.6. The van der Waals surface area contributed by atoms with Gasteiger partial charge in [0.25, 0.3) is 0 Å². The van der Waals surface area contributed by atoms with Gasteiger partial charge in [-0.3, -0.25) is 0 Å². The van der Waals surface area contributed by atoms with Crippen molar-refractivity contribution in [3.8, 4) is 0 Å². The molecule has 0 aliphatic heterocycles. The summed E-state index contributed by atoms with van der Waals surface area (Å²) in [6.07, 6.45) is 0. The van der Waals surface area contributed by atoms with E-state index in [0.717, 1.165) is 30.9 Å². The highest BCUT2D eigenvalue weighted by atomic mass is 80.0. The lowest BCUT2D eigenvalue weighted by Gasteiger charge is -2.11. The lowest BCUT2D eigenvalue weighted by atomic mass is 10.2. The van der Waals surface area contributed by atoms with E-state index >= 15 is 0 Å². The summed E-state index contributed by atoms with van der Waals surface area (Å²) >= 11 is 17.1. The van der Waals surface area contributed by atoms with Crippen LogP contribution in [0.3, 0.4) is 0 Å². The number of benzene rings is 2. The molecule has 2 aromatic heterocycles. The van der Waals surface area contributed by atoms with Gasteiger partial charge in [0.05, 0.1) is 16.7 Å². The van der Waals surface area contributed by atoms with Crippen LogP contribution in [0, 0.1) is 0 Å². The highest BCUT2D eigenvalue weighted by Crippen LogP contribution is 2.43. The zero-order valence-electron chi connectivity index (χ0n) is 14.4. The summed E-state index contributed by atoms with van der Waals surface area (Å²) in [5.74, 6) is -1.00. The van der Waals surface area contributed by atoms with E-state index in [-0.39, 0.29) is 5.69 Å². The molecule has 0 atom stereocenters. The van der Waals surface area contributed by atoms with Crippen molar-refractivity contribution >= 4 is 107 Å². The Morgan fingerprint density at radius 1 is 0.759 bits per heavy atom. The number of hydrogen-bond acceptors (Lipinski definition) is 3. The third-order valence-electron chi connectivity index (χ3n) is 3.81. The normalized spacial score (nSPS) is 11.2. The second kappa shape index (κ2) is 9.51. The van der Waals surface area contributed by atoms with Crippen LogP contribution in [0.5, 0.6) is 0 Å². The molecule has 0 bridgehead atoms. The molecule has 4 aromatic rings. The Bertz CT molecular complexity index is 1210. The number of alkyl halides is 3. The lowest BCUT2D eigenvalue weighted by molar-refractivity contribution is 0.0691. The number of halogens is 5. The van der Waals surface area contributed by atoms with Gasteiger partial charge in [-0.25, -0.2) is 14.8 Å². The van der Waals surface area contributed by atoms with E-state index in [1.54, 1.807) is 12.1 Å².